The molecule has 0 amide bonds. The van der Waals surface area contributed by atoms with Crippen molar-refractivity contribution in [2.45, 2.75) is 44.9 Å². The molecule has 0 saturated heterocycles. The van der Waals surface area contributed by atoms with Gasteiger partial charge in [0.2, 0.25) is 0 Å². The molecule has 0 N–H and O–H groups in total. The van der Waals surface area contributed by atoms with Crippen molar-refractivity contribution in [3.8, 4) is 5.75 Å². The molecule has 1 atom stereocenters. The molecule has 1 rings (SSSR count). The first-order valence-corrected chi connectivity index (χ1v) is 6.56. The van der Waals surface area contributed by atoms with Gasteiger partial charge in [0.25, 0.3) is 0 Å². The highest BCUT2D eigenvalue weighted by Gasteiger charge is 2.07. The molecule has 0 heterocycles. The third kappa shape index (κ3) is 4.44. The van der Waals surface area contributed by atoms with Crippen LogP contribution >= 0.6 is 11.6 Å². The molecule has 0 aliphatic carbocycles. The number of aryl methyl sites for hydroxylation is 1. The fraction of sp³-hybridized carbons (Fsp3) is 0.571. The first-order chi connectivity index (χ1) is 7.77. The van der Waals surface area contributed by atoms with Crippen molar-refractivity contribution >= 4 is 11.6 Å². The van der Waals surface area contributed by atoms with Gasteiger partial charge >= 0.3 is 0 Å². The predicted molar refractivity (Wildman–Crippen MR) is 70.5 cm³/mol. The molecule has 0 bridgehead atoms. The van der Waals surface area contributed by atoms with Crippen LogP contribution in [0.2, 0.25) is 0 Å². The molecule has 16 heavy (non-hydrogen) atoms. The molecular weight excluding hydrogens is 220 g/mol. The van der Waals surface area contributed by atoms with Gasteiger partial charge < -0.3 is 4.74 Å². The normalized spacial score (nSPS) is 12.4. The summed E-state index contributed by atoms with van der Waals surface area (Å²) in [6.07, 6.45) is 4.28. The summed E-state index contributed by atoms with van der Waals surface area (Å²) in [5.74, 6) is 1.00. The second kappa shape index (κ2) is 7.56. The van der Waals surface area contributed by atoms with E-state index in [-0.39, 0.29) is 0 Å². The third-order valence-electron chi connectivity index (χ3n) is 2.60. The molecule has 0 spiro atoms. The van der Waals surface area contributed by atoms with E-state index in [0.29, 0.717) is 5.38 Å². The summed E-state index contributed by atoms with van der Waals surface area (Å²) in [6, 6.07) is 8.22. The molecule has 0 saturated carbocycles. The Kier molecular flexibility index (Phi) is 6.32. The van der Waals surface area contributed by atoms with Gasteiger partial charge in [0, 0.05) is 5.38 Å². The minimum Gasteiger partial charge on any atom is -0.494 e. The first kappa shape index (κ1) is 13.4. The van der Waals surface area contributed by atoms with Crippen LogP contribution in [0.1, 0.15) is 38.7 Å². The van der Waals surface area contributed by atoms with Gasteiger partial charge in [-0.3, -0.25) is 0 Å². The van der Waals surface area contributed by atoms with Crippen molar-refractivity contribution in [3.05, 3.63) is 29.8 Å². The predicted octanol–water partition coefficient (Wildman–Crippen LogP) is 4.43. The Morgan fingerprint density at radius 1 is 1.19 bits per heavy atom. The highest BCUT2D eigenvalue weighted by Crippen LogP contribution is 2.22. The first-order valence-electron chi connectivity index (χ1n) is 6.12. The van der Waals surface area contributed by atoms with Crippen LogP contribution in [-0.2, 0) is 6.42 Å². The average molecular weight is 241 g/mol. The van der Waals surface area contributed by atoms with Gasteiger partial charge in [-0.2, -0.15) is 0 Å². The molecule has 1 unspecified atom stereocenters. The molecule has 0 aliphatic rings. The summed E-state index contributed by atoms with van der Waals surface area (Å²) < 4.78 is 5.59. The van der Waals surface area contributed by atoms with E-state index < -0.39 is 0 Å². The molecule has 1 aromatic rings. The molecule has 0 aliphatic heterocycles. The second-order valence-electron chi connectivity index (χ2n) is 3.97. The van der Waals surface area contributed by atoms with Crippen LogP contribution in [0.3, 0.4) is 0 Å². The lowest BCUT2D eigenvalue weighted by molar-refractivity contribution is 0.336. The maximum Gasteiger partial charge on any atom is 0.122 e. The monoisotopic (exact) mass is 240 g/mol. The maximum atomic E-state index is 6.22. The number of para-hydroxylation sites is 1. The SMILES string of the molecule is CCCC(Cl)CCc1ccccc1OCC. The molecule has 0 aromatic heterocycles. The summed E-state index contributed by atoms with van der Waals surface area (Å²) in [5.41, 5.74) is 1.27. The van der Waals surface area contributed by atoms with Crippen molar-refractivity contribution in [3.63, 3.8) is 0 Å². The number of ether oxygens (including phenoxy) is 1. The van der Waals surface area contributed by atoms with Crippen LogP contribution in [0.4, 0.5) is 0 Å². The summed E-state index contributed by atoms with van der Waals surface area (Å²) in [5, 5.41) is 0.291. The van der Waals surface area contributed by atoms with E-state index in [0.717, 1.165) is 38.0 Å². The highest BCUT2D eigenvalue weighted by molar-refractivity contribution is 6.20. The lowest BCUT2D eigenvalue weighted by Crippen LogP contribution is -2.02. The number of rotatable bonds is 7. The van der Waals surface area contributed by atoms with Crippen LogP contribution < -0.4 is 4.74 Å². The average Bonchev–Trinajstić information content (AvgIpc) is 2.29. The van der Waals surface area contributed by atoms with Crippen LogP contribution in [0.25, 0.3) is 0 Å². The Morgan fingerprint density at radius 2 is 1.94 bits per heavy atom. The van der Waals surface area contributed by atoms with E-state index in [9.17, 15) is 0 Å². The fourth-order valence-electron chi connectivity index (χ4n) is 1.78. The smallest absolute Gasteiger partial charge is 0.122 e. The van der Waals surface area contributed by atoms with E-state index >= 15 is 0 Å². The maximum absolute atomic E-state index is 6.22. The molecule has 2 heteroatoms. The zero-order valence-corrected chi connectivity index (χ0v) is 11.0. The standard InChI is InChI=1S/C14H21ClO/c1-3-7-13(15)11-10-12-8-5-6-9-14(12)16-4-2/h5-6,8-9,13H,3-4,7,10-11H2,1-2H3. The van der Waals surface area contributed by atoms with Crippen molar-refractivity contribution in [1.29, 1.82) is 0 Å². The quantitative estimate of drug-likeness (QED) is 0.641. The van der Waals surface area contributed by atoms with E-state index in [1.165, 1.54) is 5.56 Å². The van der Waals surface area contributed by atoms with Crippen molar-refractivity contribution in [1.82, 2.24) is 0 Å². The van der Waals surface area contributed by atoms with Gasteiger partial charge in [0.1, 0.15) is 5.75 Å². The molecule has 0 radical (unpaired) electrons. The van der Waals surface area contributed by atoms with Gasteiger partial charge in [-0.15, -0.1) is 11.6 Å². The Morgan fingerprint density at radius 3 is 2.62 bits per heavy atom. The highest BCUT2D eigenvalue weighted by atomic mass is 35.5. The van der Waals surface area contributed by atoms with Gasteiger partial charge in [0.15, 0.2) is 0 Å². The van der Waals surface area contributed by atoms with E-state index in [1.54, 1.807) is 0 Å². The second-order valence-corrected chi connectivity index (χ2v) is 4.58. The topological polar surface area (TPSA) is 9.23 Å². The number of alkyl halides is 1. The Labute approximate surface area is 104 Å². The lowest BCUT2D eigenvalue weighted by atomic mass is 10.1. The third-order valence-corrected chi connectivity index (χ3v) is 3.04. The largest absolute Gasteiger partial charge is 0.494 e. The van der Waals surface area contributed by atoms with Gasteiger partial charge in [-0.25, -0.2) is 0 Å². The molecule has 1 nitrogen and oxygen atoms in total. The van der Waals surface area contributed by atoms with Crippen LogP contribution in [-0.4, -0.2) is 12.0 Å². The number of halogens is 1. The molecular formula is C14H21ClO. The number of hydrogen-bond donors (Lipinski definition) is 0. The van der Waals surface area contributed by atoms with E-state index in [4.69, 9.17) is 16.3 Å². The zero-order valence-electron chi connectivity index (χ0n) is 10.2. The Bertz CT molecular complexity index is 299. The van der Waals surface area contributed by atoms with Crippen molar-refractivity contribution < 1.29 is 4.74 Å². The Hall–Kier alpha value is -0.690. The fourth-order valence-corrected chi connectivity index (χ4v) is 2.10. The summed E-state index contributed by atoms with van der Waals surface area (Å²) in [4.78, 5) is 0. The van der Waals surface area contributed by atoms with Crippen LogP contribution in [0.5, 0.6) is 5.75 Å². The number of hydrogen-bond acceptors (Lipinski definition) is 1. The van der Waals surface area contributed by atoms with Crippen LogP contribution in [0.15, 0.2) is 24.3 Å². The zero-order chi connectivity index (χ0) is 11.8. The molecule has 0 fully saturated rings. The van der Waals surface area contributed by atoms with Crippen molar-refractivity contribution in [2.75, 3.05) is 6.61 Å². The molecule has 90 valence electrons. The van der Waals surface area contributed by atoms with E-state index in [2.05, 4.69) is 19.1 Å². The minimum absolute atomic E-state index is 0.291. The summed E-state index contributed by atoms with van der Waals surface area (Å²) >= 11 is 6.22. The lowest BCUT2D eigenvalue weighted by Gasteiger charge is -2.11. The van der Waals surface area contributed by atoms with Crippen LogP contribution in [0, 0.1) is 0 Å². The summed E-state index contributed by atoms with van der Waals surface area (Å²) in [6.45, 7) is 4.90. The summed E-state index contributed by atoms with van der Waals surface area (Å²) in [7, 11) is 0. The van der Waals surface area contributed by atoms with E-state index in [1.807, 2.05) is 19.1 Å². The van der Waals surface area contributed by atoms with Crippen molar-refractivity contribution in [2.24, 2.45) is 0 Å². The molecule has 1 aromatic carbocycles. The Balaban J connectivity index is 2.52. The van der Waals surface area contributed by atoms with Gasteiger partial charge in [0.05, 0.1) is 6.61 Å². The van der Waals surface area contributed by atoms with Gasteiger partial charge in [-0.1, -0.05) is 31.5 Å². The number of benzene rings is 1. The minimum atomic E-state index is 0.291. The van der Waals surface area contributed by atoms with Gasteiger partial charge in [-0.05, 0) is 37.8 Å².